The smallest absolute Gasteiger partial charge is 0.289 e. The number of hydrogen-bond acceptors (Lipinski definition) is 4. The number of furan rings is 1. The van der Waals surface area contributed by atoms with Crippen molar-refractivity contribution in [1.29, 1.82) is 0 Å². The lowest BCUT2D eigenvalue weighted by molar-refractivity contribution is 0.0686. The molecule has 136 valence electrons. The number of aryl methyl sites for hydroxylation is 2. The van der Waals surface area contributed by atoms with E-state index in [0.717, 1.165) is 16.8 Å². The molecule has 5 heteroatoms. The summed E-state index contributed by atoms with van der Waals surface area (Å²) in [4.78, 5) is 14.4. The predicted octanol–water partition coefficient (Wildman–Crippen LogP) is 4.85. The third kappa shape index (κ3) is 4.04. The Balaban J connectivity index is 1.81. The Hall–Kier alpha value is -2.82. The molecule has 0 bridgehead atoms. The van der Waals surface area contributed by atoms with Crippen LogP contribution >= 0.6 is 0 Å². The average molecular weight is 352 g/mol. The molecule has 0 saturated heterocycles. The molecule has 0 aliphatic rings. The minimum absolute atomic E-state index is 0.139. The van der Waals surface area contributed by atoms with Crippen LogP contribution in [0, 0.1) is 19.8 Å². The van der Waals surface area contributed by atoms with Crippen LogP contribution in [0.4, 0.5) is 0 Å². The van der Waals surface area contributed by atoms with Crippen LogP contribution in [0.2, 0.25) is 0 Å². The summed E-state index contributed by atoms with van der Waals surface area (Å²) in [6.45, 7) is 9.26. The van der Waals surface area contributed by atoms with Gasteiger partial charge in [-0.1, -0.05) is 42.8 Å². The second kappa shape index (κ2) is 7.60. The van der Waals surface area contributed by atoms with Gasteiger partial charge < -0.3 is 13.8 Å². The monoisotopic (exact) mass is 352 g/mol. The molecule has 0 spiro atoms. The summed E-state index contributed by atoms with van der Waals surface area (Å²) in [7, 11) is 0. The molecule has 1 amide bonds. The molecule has 5 nitrogen and oxygen atoms in total. The van der Waals surface area contributed by atoms with Crippen LogP contribution in [0.3, 0.4) is 0 Å². The molecule has 3 aromatic rings. The molecule has 2 heterocycles. The van der Waals surface area contributed by atoms with E-state index < -0.39 is 0 Å². The number of carbonyl (C=O) groups is 1. The first-order chi connectivity index (χ1) is 12.4. The fourth-order valence-electron chi connectivity index (χ4n) is 3.01. The van der Waals surface area contributed by atoms with Gasteiger partial charge in [-0.2, -0.15) is 0 Å². The number of nitrogens with zero attached hydrogens (tertiary/aromatic N) is 2. The minimum atomic E-state index is -0.139. The van der Waals surface area contributed by atoms with Crippen LogP contribution in [0.25, 0.3) is 11.3 Å². The molecule has 0 saturated carbocycles. The fraction of sp³-hybridized carbons (Fsp3) is 0.333. The summed E-state index contributed by atoms with van der Waals surface area (Å²) in [6, 6.07) is 11.5. The molecule has 0 aliphatic carbocycles. The highest BCUT2D eigenvalue weighted by molar-refractivity contribution is 5.91. The first-order valence-electron chi connectivity index (χ1n) is 8.80. The lowest BCUT2D eigenvalue weighted by Gasteiger charge is -2.22. The molecular formula is C21H24N2O3. The molecule has 0 radical (unpaired) electrons. The van der Waals surface area contributed by atoms with Crippen molar-refractivity contribution in [1.82, 2.24) is 10.1 Å². The van der Waals surface area contributed by atoms with Crippen molar-refractivity contribution < 1.29 is 13.7 Å². The molecule has 3 rings (SSSR count). The van der Waals surface area contributed by atoms with E-state index in [9.17, 15) is 4.79 Å². The molecule has 26 heavy (non-hydrogen) atoms. The molecule has 1 aromatic carbocycles. The van der Waals surface area contributed by atoms with Crippen LogP contribution < -0.4 is 0 Å². The maximum absolute atomic E-state index is 12.7. The second-order valence-electron chi connectivity index (χ2n) is 7.06. The number of aromatic nitrogens is 1. The largest absolute Gasteiger partial charge is 0.459 e. The van der Waals surface area contributed by atoms with E-state index in [1.54, 1.807) is 17.0 Å². The summed E-state index contributed by atoms with van der Waals surface area (Å²) in [5, 5.41) is 4.17. The van der Waals surface area contributed by atoms with Gasteiger partial charge in [0.1, 0.15) is 5.69 Å². The predicted molar refractivity (Wildman–Crippen MR) is 99.7 cm³/mol. The topological polar surface area (TPSA) is 59.5 Å². The highest BCUT2D eigenvalue weighted by Crippen LogP contribution is 2.25. The maximum atomic E-state index is 12.7. The Bertz CT molecular complexity index is 879. The van der Waals surface area contributed by atoms with Gasteiger partial charge in [0.05, 0.1) is 12.8 Å². The van der Waals surface area contributed by atoms with Gasteiger partial charge in [0.15, 0.2) is 11.5 Å². The maximum Gasteiger partial charge on any atom is 0.289 e. The Kier molecular flexibility index (Phi) is 5.26. The first kappa shape index (κ1) is 18.0. The Morgan fingerprint density at radius 3 is 2.65 bits per heavy atom. The molecule has 2 aromatic heterocycles. The van der Waals surface area contributed by atoms with Crippen LogP contribution in [-0.4, -0.2) is 22.5 Å². The molecule has 0 fully saturated rings. The van der Waals surface area contributed by atoms with Crippen LogP contribution in [-0.2, 0) is 6.54 Å². The lowest BCUT2D eigenvalue weighted by atomic mass is 10.0. The number of benzene rings is 1. The van der Waals surface area contributed by atoms with Gasteiger partial charge in [-0.05, 0) is 37.5 Å². The summed E-state index contributed by atoms with van der Waals surface area (Å²) >= 11 is 0. The number of carbonyl (C=O) groups excluding carboxylic acids is 1. The highest BCUT2D eigenvalue weighted by atomic mass is 16.5. The SMILES string of the molecule is Cc1ccc(-c2cc(CN(CC(C)C)C(=O)c3ccco3)no2)c(C)c1. The molecule has 0 aliphatic heterocycles. The van der Waals surface area contributed by atoms with Gasteiger partial charge in [0.25, 0.3) is 5.91 Å². The van der Waals surface area contributed by atoms with E-state index in [1.807, 2.05) is 12.1 Å². The highest BCUT2D eigenvalue weighted by Gasteiger charge is 2.21. The third-order valence-electron chi connectivity index (χ3n) is 4.16. The van der Waals surface area contributed by atoms with Crippen LogP contribution in [0.5, 0.6) is 0 Å². The Labute approximate surface area is 153 Å². The van der Waals surface area contributed by atoms with E-state index in [0.29, 0.717) is 30.5 Å². The van der Waals surface area contributed by atoms with E-state index in [2.05, 4.69) is 45.0 Å². The van der Waals surface area contributed by atoms with Gasteiger partial charge in [-0.3, -0.25) is 4.79 Å². The van der Waals surface area contributed by atoms with Gasteiger partial charge in [-0.25, -0.2) is 0 Å². The van der Waals surface area contributed by atoms with Crippen molar-refractivity contribution in [3.05, 3.63) is 65.2 Å². The van der Waals surface area contributed by atoms with E-state index >= 15 is 0 Å². The number of hydrogen-bond donors (Lipinski definition) is 0. The van der Waals surface area contributed by atoms with Crippen molar-refractivity contribution in [3.63, 3.8) is 0 Å². The fourth-order valence-corrected chi connectivity index (χ4v) is 3.01. The lowest BCUT2D eigenvalue weighted by Crippen LogP contribution is -2.33. The van der Waals surface area contributed by atoms with E-state index in [1.165, 1.54) is 11.8 Å². The third-order valence-corrected chi connectivity index (χ3v) is 4.16. The van der Waals surface area contributed by atoms with Gasteiger partial charge in [0.2, 0.25) is 0 Å². The summed E-state index contributed by atoms with van der Waals surface area (Å²) in [6.07, 6.45) is 1.51. The average Bonchev–Trinajstić information content (AvgIpc) is 3.25. The number of rotatable bonds is 6. The van der Waals surface area contributed by atoms with E-state index in [4.69, 9.17) is 8.94 Å². The zero-order chi connectivity index (χ0) is 18.7. The van der Waals surface area contributed by atoms with Crippen molar-refractivity contribution in [2.45, 2.75) is 34.2 Å². The Morgan fingerprint density at radius 2 is 2.00 bits per heavy atom. The van der Waals surface area contributed by atoms with Crippen molar-refractivity contribution in [2.24, 2.45) is 5.92 Å². The number of amides is 1. The summed E-state index contributed by atoms with van der Waals surface area (Å²) in [5.74, 6) is 1.25. The van der Waals surface area contributed by atoms with Gasteiger partial charge in [0, 0.05) is 18.2 Å². The van der Waals surface area contributed by atoms with Crippen LogP contribution in [0.15, 0.2) is 51.6 Å². The van der Waals surface area contributed by atoms with E-state index in [-0.39, 0.29) is 5.91 Å². The standard InChI is InChI=1S/C21H24N2O3/c1-14(2)12-23(21(24)19-6-5-9-25-19)13-17-11-20(26-22-17)18-8-7-15(3)10-16(18)4/h5-11,14H,12-13H2,1-4H3. The molecule has 0 N–H and O–H groups in total. The van der Waals surface area contributed by atoms with Crippen molar-refractivity contribution >= 4 is 5.91 Å². The molecule has 0 unspecified atom stereocenters. The zero-order valence-corrected chi connectivity index (χ0v) is 15.7. The molecule has 0 atom stereocenters. The second-order valence-corrected chi connectivity index (χ2v) is 7.06. The van der Waals surface area contributed by atoms with Crippen LogP contribution in [0.1, 0.15) is 41.2 Å². The Morgan fingerprint density at radius 1 is 1.19 bits per heavy atom. The quantitative estimate of drug-likeness (QED) is 0.636. The summed E-state index contributed by atoms with van der Waals surface area (Å²) in [5.41, 5.74) is 4.08. The molecular weight excluding hydrogens is 328 g/mol. The zero-order valence-electron chi connectivity index (χ0n) is 15.7. The normalized spacial score (nSPS) is 11.1. The summed E-state index contributed by atoms with van der Waals surface area (Å²) < 4.78 is 10.8. The minimum Gasteiger partial charge on any atom is -0.459 e. The first-order valence-corrected chi connectivity index (χ1v) is 8.80. The van der Waals surface area contributed by atoms with Gasteiger partial charge in [-0.15, -0.1) is 0 Å². The van der Waals surface area contributed by atoms with Crippen molar-refractivity contribution in [2.75, 3.05) is 6.54 Å². The van der Waals surface area contributed by atoms with Crippen molar-refractivity contribution in [3.8, 4) is 11.3 Å². The van der Waals surface area contributed by atoms with Gasteiger partial charge >= 0.3 is 0 Å².